The van der Waals surface area contributed by atoms with Gasteiger partial charge in [0.1, 0.15) is 28.9 Å². The Morgan fingerprint density at radius 2 is 1.94 bits per heavy atom. The first-order valence-corrected chi connectivity index (χ1v) is 13.1. The standard InChI is InChI=1S/C22H29ClN3O9P/c1-13(2)32-19(29)14(3)25-36(31,34-15-8-6-5-7-9-15)35-18-16(12-27)33-20(22(18,4)23)26-11-10-17(28)24-21(26)30/h5-11,13-14,16,18,20,27H,12H2,1-4H3,(H,25,31)(H,24,28,30)/t14-,16-,18-,20-,22-,36?/m1/s1. The van der Waals surface area contributed by atoms with Crippen molar-refractivity contribution in [3.05, 3.63) is 63.4 Å². The van der Waals surface area contributed by atoms with Crippen LogP contribution in [-0.4, -0.2) is 56.5 Å². The molecule has 0 amide bonds. The van der Waals surface area contributed by atoms with Crippen molar-refractivity contribution >= 4 is 25.3 Å². The molecule has 1 unspecified atom stereocenters. The summed E-state index contributed by atoms with van der Waals surface area (Å²) in [5.74, 6) is -0.528. The van der Waals surface area contributed by atoms with Crippen molar-refractivity contribution in [1.29, 1.82) is 0 Å². The van der Waals surface area contributed by atoms with Gasteiger partial charge in [-0.15, -0.1) is 11.6 Å². The third kappa shape index (κ3) is 6.44. The number of aliphatic hydroxyl groups is 1. The molecule has 1 aliphatic rings. The summed E-state index contributed by atoms with van der Waals surface area (Å²) in [6.07, 6.45) is -2.90. The van der Waals surface area contributed by atoms with Crippen molar-refractivity contribution in [1.82, 2.24) is 14.6 Å². The predicted octanol–water partition coefficient (Wildman–Crippen LogP) is 1.93. The molecule has 1 saturated heterocycles. The number of para-hydroxylation sites is 1. The van der Waals surface area contributed by atoms with Gasteiger partial charge in [0.15, 0.2) is 6.23 Å². The molecule has 0 spiro atoms. The molecule has 3 N–H and O–H groups in total. The Hall–Kier alpha value is -2.47. The van der Waals surface area contributed by atoms with Crippen LogP contribution in [-0.2, 0) is 23.4 Å². The smallest absolute Gasteiger partial charge is 0.459 e. The lowest BCUT2D eigenvalue weighted by molar-refractivity contribution is -0.149. The maximum Gasteiger partial charge on any atom is 0.459 e. The molecule has 12 nitrogen and oxygen atoms in total. The highest BCUT2D eigenvalue weighted by molar-refractivity contribution is 7.52. The van der Waals surface area contributed by atoms with Crippen LogP contribution in [0.5, 0.6) is 5.75 Å². The van der Waals surface area contributed by atoms with Gasteiger partial charge in [-0.05, 0) is 39.8 Å². The number of carbonyl (C=O) groups is 1. The third-order valence-corrected chi connectivity index (χ3v) is 7.30. The number of aromatic nitrogens is 2. The van der Waals surface area contributed by atoms with Gasteiger partial charge in [-0.25, -0.2) is 9.36 Å². The Morgan fingerprint density at radius 3 is 2.53 bits per heavy atom. The minimum Gasteiger partial charge on any atom is -0.462 e. The van der Waals surface area contributed by atoms with Crippen molar-refractivity contribution in [2.24, 2.45) is 0 Å². The lowest BCUT2D eigenvalue weighted by atomic mass is 10.0. The number of esters is 1. The lowest BCUT2D eigenvalue weighted by Gasteiger charge is -2.32. The second kappa shape index (κ2) is 11.3. The van der Waals surface area contributed by atoms with E-state index in [1.165, 1.54) is 32.2 Å². The van der Waals surface area contributed by atoms with Crippen molar-refractivity contribution < 1.29 is 33.0 Å². The Kier molecular flexibility index (Phi) is 8.81. The third-order valence-electron chi connectivity index (χ3n) is 5.24. The highest BCUT2D eigenvalue weighted by Crippen LogP contribution is 2.53. The van der Waals surface area contributed by atoms with Crippen LogP contribution in [0.15, 0.2) is 52.2 Å². The number of halogens is 1. The molecule has 0 radical (unpaired) electrons. The highest BCUT2D eigenvalue weighted by Gasteiger charge is 2.57. The van der Waals surface area contributed by atoms with E-state index in [1.807, 2.05) is 0 Å². The minimum absolute atomic E-state index is 0.168. The first kappa shape index (κ1) is 28.1. The normalized spacial score (nSPS) is 26.4. The van der Waals surface area contributed by atoms with E-state index in [1.54, 1.807) is 32.0 Å². The van der Waals surface area contributed by atoms with Crippen molar-refractivity contribution in [3.8, 4) is 5.75 Å². The molecule has 36 heavy (non-hydrogen) atoms. The number of nitrogens with zero attached hydrogens (tertiary/aromatic N) is 1. The minimum atomic E-state index is -4.38. The van der Waals surface area contributed by atoms with Crippen LogP contribution in [0.4, 0.5) is 0 Å². The van der Waals surface area contributed by atoms with E-state index in [2.05, 4.69) is 10.1 Å². The van der Waals surface area contributed by atoms with Gasteiger partial charge in [0.05, 0.1) is 12.7 Å². The first-order valence-electron chi connectivity index (χ1n) is 11.1. The highest BCUT2D eigenvalue weighted by atomic mass is 35.5. The predicted molar refractivity (Wildman–Crippen MR) is 130 cm³/mol. The van der Waals surface area contributed by atoms with Crippen LogP contribution >= 0.6 is 19.3 Å². The summed E-state index contributed by atoms with van der Waals surface area (Å²) >= 11 is 6.79. The second-order valence-corrected chi connectivity index (χ2v) is 11.1. The van der Waals surface area contributed by atoms with Gasteiger partial charge >= 0.3 is 19.4 Å². The maximum atomic E-state index is 14.0. The summed E-state index contributed by atoms with van der Waals surface area (Å²) in [6.45, 7) is 5.60. The number of rotatable bonds is 10. The number of alkyl halides is 1. The Bertz CT molecular complexity index is 1220. The SMILES string of the molecule is CC(C)OC(=O)[C@@H](C)NP(=O)(Oc1ccccc1)O[C@@H]1[C@@H](CO)O[C@@H](n2ccc(=O)[nH]c2=O)[C@]1(C)Cl. The number of benzene rings is 1. The number of ether oxygens (including phenoxy) is 2. The summed E-state index contributed by atoms with van der Waals surface area (Å²) in [7, 11) is -4.38. The van der Waals surface area contributed by atoms with E-state index in [9.17, 15) is 24.1 Å². The molecular formula is C22H29ClN3O9P. The monoisotopic (exact) mass is 545 g/mol. The zero-order valence-corrected chi connectivity index (χ0v) is 21.8. The van der Waals surface area contributed by atoms with Crippen molar-refractivity contribution in [3.63, 3.8) is 0 Å². The van der Waals surface area contributed by atoms with E-state index >= 15 is 0 Å². The number of nitrogens with one attached hydrogen (secondary N) is 2. The van der Waals surface area contributed by atoms with E-state index in [4.69, 9.17) is 30.1 Å². The Labute approximate surface area is 212 Å². The molecule has 14 heteroatoms. The van der Waals surface area contributed by atoms with Crippen LogP contribution in [0.25, 0.3) is 0 Å². The average Bonchev–Trinajstić information content (AvgIpc) is 3.03. The number of H-pyrrole nitrogens is 1. The fourth-order valence-corrected chi connectivity index (χ4v) is 5.80. The molecular weight excluding hydrogens is 517 g/mol. The fourth-order valence-electron chi connectivity index (χ4n) is 3.61. The largest absolute Gasteiger partial charge is 0.462 e. The van der Waals surface area contributed by atoms with E-state index in [-0.39, 0.29) is 5.75 Å². The zero-order valence-electron chi connectivity index (χ0n) is 20.1. The second-order valence-electron chi connectivity index (χ2n) is 8.64. The van der Waals surface area contributed by atoms with Gasteiger partial charge in [-0.2, -0.15) is 5.09 Å². The number of hydrogen-bond acceptors (Lipinski definition) is 9. The van der Waals surface area contributed by atoms with E-state index in [0.717, 1.165) is 10.6 Å². The molecule has 2 aromatic rings. The molecule has 6 atom stereocenters. The molecule has 3 rings (SSSR count). The number of aromatic amines is 1. The molecule has 1 aromatic carbocycles. The summed E-state index contributed by atoms with van der Waals surface area (Å²) < 4.78 is 37.5. The van der Waals surface area contributed by atoms with Crippen LogP contribution in [0.1, 0.15) is 33.9 Å². The molecule has 0 saturated carbocycles. The Morgan fingerprint density at radius 1 is 1.28 bits per heavy atom. The molecule has 0 bridgehead atoms. The van der Waals surface area contributed by atoms with Gasteiger partial charge < -0.3 is 19.1 Å². The molecule has 0 aliphatic carbocycles. The molecule has 1 aliphatic heterocycles. The van der Waals surface area contributed by atoms with Gasteiger partial charge in [0, 0.05) is 12.3 Å². The van der Waals surface area contributed by atoms with Gasteiger partial charge in [0.25, 0.3) is 5.56 Å². The van der Waals surface area contributed by atoms with Crippen LogP contribution in [0.2, 0.25) is 0 Å². The molecule has 1 aromatic heterocycles. The summed E-state index contributed by atoms with van der Waals surface area (Å²) in [5.41, 5.74) is -1.42. The molecule has 2 heterocycles. The van der Waals surface area contributed by atoms with Gasteiger partial charge in [-0.1, -0.05) is 18.2 Å². The zero-order chi connectivity index (χ0) is 26.7. The van der Waals surface area contributed by atoms with Gasteiger partial charge in [-0.3, -0.25) is 23.7 Å². The quantitative estimate of drug-likeness (QED) is 0.229. The lowest BCUT2D eigenvalue weighted by Crippen LogP contribution is -2.45. The van der Waals surface area contributed by atoms with Crippen molar-refractivity contribution in [2.45, 2.75) is 63.2 Å². The van der Waals surface area contributed by atoms with Crippen molar-refractivity contribution in [2.75, 3.05) is 6.61 Å². The maximum absolute atomic E-state index is 14.0. The number of hydrogen-bond donors (Lipinski definition) is 3. The summed E-state index contributed by atoms with van der Waals surface area (Å²) in [4.78, 5) is 36.8. The summed E-state index contributed by atoms with van der Waals surface area (Å²) in [5, 5.41) is 12.5. The fraction of sp³-hybridized carbons (Fsp3) is 0.500. The molecule has 198 valence electrons. The van der Waals surface area contributed by atoms with Gasteiger partial charge in [0.2, 0.25) is 0 Å². The van der Waals surface area contributed by atoms with Crippen LogP contribution in [0.3, 0.4) is 0 Å². The average molecular weight is 546 g/mol. The summed E-state index contributed by atoms with van der Waals surface area (Å²) in [6, 6.07) is 8.08. The van der Waals surface area contributed by atoms with E-state index < -0.39 is 67.0 Å². The number of aliphatic hydroxyl groups excluding tert-OH is 1. The first-order chi connectivity index (χ1) is 16.9. The van der Waals surface area contributed by atoms with E-state index in [0.29, 0.717) is 0 Å². The molecule has 1 fully saturated rings. The Balaban J connectivity index is 1.95. The topological polar surface area (TPSA) is 158 Å². The van der Waals surface area contributed by atoms with Crippen LogP contribution in [0, 0.1) is 0 Å². The van der Waals surface area contributed by atoms with Crippen LogP contribution < -0.4 is 20.9 Å². The number of carbonyl (C=O) groups excluding carboxylic acids is 1.